The van der Waals surface area contributed by atoms with Gasteiger partial charge in [-0.2, -0.15) is 0 Å². The van der Waals surface area contributed by atoms with E-state index in [0.29, 0.717) is 0 Å². The molecule has 0 fully saturated rings. The third kappa shape index (κ3) is 4.06. The summed E-state index contributed by atoms with van der Waals surface area (Å²) in [5.74, 6) is -0.0745. The minimum absolute atomic E-state index is 0.0297. The molecule has 114 valence electrons. The number of methoxy groups -OCH3 is 1. The molecule has 1 heterocycles. The lowest BCUT2D eigenvalue weighted by Crippen LogP contribution is -2.22. The van der Waals surface area contributed by atoms with E-state index in [4.69, 9.17) is 4.74 Å². The molecule has 1 aromatic carbocycles. The Labute approximate surface area is 145 Å². The summed E-state index contributed by atoms with van der Waals surface area (Å²) in [5.41, 5.74) is 0.892. The van der Waals surface area contributed by atoms with E-state index in [-0.39, 0.29) is 17.6 Å². The number of thiophene rings is 1. The Hall–Kier alpha value is -0.430. The number of ether oxygens (including phenoxy) is 1. The van der Waals surface area contributed by atoms with E-state index in [0.717, 1.165) is 31.7 Å². The summed E-state index contributed by atoms with van der Waals surface area (Å²) in [4.78, 5) is 1.13. The van der Waals surface area contributed by atoms with Crippen LogP contribution in [0.1, 0.15) is 29.8 Å². The highest BCUT2D eigenvalue weighted by atomic mass is 79.9. The molecule has 21 heavy (non-hydrogen) atoms. The lowest BCUT2D eigenvalue weighted by atomic mass is 10.0. The highest BCUT2D eigenvalue weighted by molar-refractivity contribution is 9.13. The fourth-order valence-electron chi connectivity index (χ4n) is 2.04. The van der Waals surface area contributed by atoms with Crippen molar-refractivity contribution in [1.29, 1.82) is 0 Å². The number of hydrogen-bond acceptors (Lipinski definition) is 3. The van der Waals surface area contributed by atoms with Gasteiger partial charge in [0.2, 0.25) is 0 Å². The molecule has 0 spiro atoms. The van der Waals surface area contributed by atoms with Crippen LogP contribution in [0.3, 0.4) is 0 Å². The maximum absolute atomic E-state index is 14.0. The molecule has 2 nitrogen and oxygen atoms in total. The first-order valence-corrected chi connectivity index (χ1v) is 8.98. The second-order valence-corrected chi connectivity index (χ2v) is 7.81. The third-order valence-electron chi connectivity index (χ3n) is 3.06. The number of nitrogens with one attached hydrogen (secondary N) is 1. The molecule has 0 amide bonds. The van der Waals surface area contributed by atoms with Gasteiger partial charge in [-0.05, 0) is 68.6 Å². The van der Waals surface area contributed by atoms with Gasteiger partial charge in [-0.1, -0.05) is 13.0 Å². The van der Waals surface area contributed by atoms with E-state index in [1.807, 2.05) is 6.07 Å². The average molecular weight is 437 g/mol. The maximum Gasteiger partial charge on any atom is 0.165 e. The molecule has 0 aliphatic carbocycles. The van der Waals surface area contributed by atoms with Gasteiger partial charge in [0.15, 0.2) is 11.6 Å². The lowest BCUT2D eigenvalue weighted by molar-refractivity contribution is 0.385. The molecule has 1 atom stereocenters. The molecule has 1 aromatic heterocycles. The first kappa shape index (κ1) is 16.9. The number of halogens is 3. The van der Waals surface area contributed by atoms with Crippen molar-refractivity contribution >= 4 is 43.2 Å². The van der Waals surface area contributed by atoms with Crippen molar-refractivity contribution in [2.45, 2.75) is 19.4 Å². The predicted octanol–water partition coefficient (Wildman–Crippen LogP) is 5.51. The molecule has 0 saturated heterocycles. The molecule has 2 rings (SSSR count). The molecule has 6 heteroatoms. The van der Waals surface area contributed by atoms with Gasteiger partial charge in [-0.3, -0.25) is 0 Å². The smallest absolute Gasteiger partial charge is 0.165 e. The van der Waals surface area contributed by atoms with Crippen molar-refractivity contribution in [3.8, 4) is 5.75 Å². The number of rotatable bonds is 6. The summed E-state index contributed by atoms with van der Waals surface area (Å²) in [6.07, 6.45) is 1.02. The Morgan fingerprint density at radius 1 is 1.33 bits per heavy atom. The van der Waals surface area contributed by atoms with E-state index in [1.165, 1.54) is 13.2 Å². The molecule has 0 aliphatic rings. The quantitative estimate of drug-likeness (QED) is 0.644. The van der Waals surface area contributed by atoms with Crippen LogP contribution in [-0.2, 0) is 0 Å². The molecule has 0 radical (unpaired) electrons. The Bertz CT molecular complexity index is 598. The van der Waals surface area contributed by atoms with Crippen molar-refractivity contribution in [3.63, 3.8) is 0 Å². The highest BCUT2D eigenvalue weighted by Gasteiger charge is 2.19. The van der Waals surface area contributed by atoms with Gasteiger partial charge < -0.3 is 10.1 Å². The SMILES string of the molecule is CCCNC(c1ccc(OC)c(F)c1)c1cc(Br)c(Br)s1. The van der Waals surface area contributed by atoms with E-state index in [9.17, 15) is 4.39 Å². The van der Waals surface area contributed by atoms with Crippen molar-refractivity contribution in [1.82, 2.24) is 5.32 Å². The highest BCUT2D eigenvalue weighted by Crippen LogP contribution is 2.38. The first-order valence-electron chi connectivity index (χ1n) is 6.58. The molecular formula is C15H16Br2FNOS. The van der Waals surface area contributed by atoms with E-state index >= 15 is 0 Å². The van der Waals surface area contributed by atoms with Gasteiger partial charge >= 0.3 is 0 Å². The van der Waals surface area contributed by atoms with Crippen LogP contribution in [0.2, 0.25) is 0 Å². The molecular weight excluding hydrogens is 421 g/mol. The number of hydrogen-bond donors (Lipinski definition) is 1. The summed E-state index contributed by atoms with van der Waals surface area (Å²) < 4.78 is 21.0. The summed E-state index contributed by atoms with van der Waals surface area (Å²) >= 11 is 8.65. The lowest BCUT2D eigenvalue weighted by Gasteiger charge is -2.18. The molecule has 0 bridgehead atoms. The van der Waals surface area contributed by atoms with Crippen molar-refractivity contribution in [2.75, 3.05) is 13.7 Å². The van der Waals surface area contributed by atoms with Crippen LogP contribution in [0.5, 0.6) is 5.75 Å². The maximum atomic E-state index is 14.0. The zero-order chi connectivity index (χ0) is 15.4. The van der Waals surface area contributed by atoms with Crippen LogP contribution in [0.4, 0.5) is 4.39 Å². The Morgan fingerprint density at radius 2 is 2.10 bits per heavy atom. The summed E-state index contributed by atoms with van der Waals surface area (Å²) in [6.45, 7) is 2.98. The van der Waals surface area contributed by atoms with Crippen molar-refractivity contribution in [2.24, 2.45) is 0 Å². The Kier molecular flexibility index (Phi) is 6.22. The molecule has 0 aliphatic heterocycles. The molecule has 2 aromatic rings. The van der Waals surface area contributed by atoms with Crippen LogP contribution in [-0.4, -0.2) is 13.7 Å². The average Bonchev–Trinajstić information content (AvgIpc) is 2.79. The predicted molar refractivity (Wildman–Crippen MR) is 92.8 cm³/mol. The largest absolute Gasteiger partial charge is 0.494 e. The summed E-state index contributed by atoms with van der Waals surface area (Å²) in [6, 6.07) is 7.13. The van der Waals surface area contributed by atoms with Gasteiger partial charge in [0.25, 0.3) is 0 Å². The van der Waals surface area contributed by atoms with Gasteiger partial charge in [0, 0.05) is 9.35 Å². The van der Waals surface area contributed by atoms with Crippen LogP contribution in [0.25, 0.3) is 0 Å². The van der Waals surface area contributed by atoms with E-state index < -0.39 is 0 Å². The summed E-state index contributed by atoms with van der Waals surface area (Å²) in [5, 5.41) is 3.47. The first-order chi connectivity index (χ1) is 10.1. The van der Waals surface area contributed by atoms with Gasteiger partial charge in [-0.15, -0.1) is 11.3 Å². The zero-order valence-corrected chi connectivity index (χ0v) is 15.7. The van der Waals surface area contributed by atoms with Crippen LogP contribution >= 0.6 is 43.2 Å². The standard InChI is InChI=1S/C15H16Br2FNOS/c1-3-6-19-14(13-8-10(16)15(17)21-13)9-4-5-12(20-2)11(18)7-9/h4-5,7-8,14,19H,3,6H2,1-2H3. The summed E-state index contributed by atoms with van der Waals surface area (Å²) in [7, 11) is 1.47. The van der Waals surface area contributed by atoms with Crippen LogP contribution in [0.15, 0.2) is 32.5 Å². The number of benzene rings is 1. The van der Waals surface area contributed by atoms with Gasteiger partial charge in [0.05, 0.1) is 16.9 Å². The van der Waals surface area contributed by atoms with E-state index in [2.05, 4.69) is 50.2 Å². The normalized spacial score (nSPS) is 12.4. The van der Waals surface area contributed by atoms with E-state index in [1.54, 1.807) is 17.4 Å². The fourth-order valence-corrected chi connectivity index (χ4v) is 4.23. The Morgan fingerprint density at radius 3 is 2.62 bits per heavy atom. The second kappa shape index (κ2) is 7.72. The molecule has 0 saturated carbocycles. The fraction of sp³-hybridized carbons (Fsp3) is 0.333. The Balaban J connectivity index is 2.37. The third-order valence-corrected chi connectivity index (χ3v) is 6.38. The monoisotopic (exact) mass is 435 g/mol. The minimum atomic E-state index is -0.340. The van der Waals surface area contributed by atoms with Crippen molar-refractivity contribution in [3.05, 3.63) is 48.8 Å². The van der Waals surface area contributed by atoms with Crippen LogP contribution < -0.4 is 10.1 Å². The second-order valence-electron chi connectivity index (χ2n) is 4.55. The molecule has 1 unspecified atom stereocenters. The topological polar surface area (TPSA) is 21.3 Å². The van der Waals surface area contributed by atoms with Crippen molar-refractivity contribution < 1.29 is 9.13 Å². The molecule has 1 N–H and O–H groups in total. The minimum Gasteiger partial charge on any atom is -0.494 e. The zero-order valence-electron chi connectivity index (χ0n) is 11.8. The van der Waals surface area contributed by atoms with Gasteiger partial charge in [0.1, 0.15) is 0 Å². The van der Waals surface area contributed by atoms with Crippen LogP contribution in [0, 0.1) is 5.82 Å². The van der Waals surface area contributed by atoms with Gasteiger partial charge in [-0.25, -0.2) is 4.39 Å².